The maximum absolute atomic E-state index is 12.4. The van der Waals surface area contributed by atoms with E-state index in [2.05, 4.69) is 13.2 Å². The summed E-state index contributed by atoms with van der Waals surface area (Å²) < 4.78 is 0. The zero-order valence-electron chi connectivity index (χ0n) is 11.5. The van der Waals surface area contributed by atoms with Gasteiger partial charge in [-0.05, 0) is 18.4 Å². The molecule has 1 heterocycles. The second-order valence-corrected chi connectivity index (χ2v) is 5.01. The monoisotopic (exact) mass is 269 g/mol. The van der Waals surface area contributed by atoms with E-state index in [-0.39, 0.29) is 23.7 Å². The van der Waals surface area contributed by atoms with Crippen molar-refractivity contribution in [2.24, 2.45) is 11.8 Å². The zero-order valence-corrected chi connectivity index (χ0v) is 11.5. The number of hydrogen-bond donors (Lipinski definition) is 0. The lowest BCUT2D eigenvalue weighted by atomic mass is 9.89. The molecule has 3 heteroatoms. The van der Waals surface area contributed by atoms with Gasteiger partial charge in [-0.25, -0.2) is 0 Å². The van der Waals surface area contributed by atoms with Gasteiger partial charge in [-0.15, -0.1) is 13.2 Å². The molecule has 0 aliphatic carbocycles. The van der Waals surface area contributed by atoms with Crippen molar-refractivity contribution in [2.45, 2.75) is 19.4 Å². The summed E-state index contributed by atoms with van der Waals surface area (Å²) >= 11 is 0. The van der Waals surface area contributed by atoms with Crippen LogP contribution in [0.3, 0.4) is 0 Å². The second kappa shape index (κ2) is 6.33. The first-order chi connectivity index (χ1) is 9.69. The molecule has 2 rings (SSSR count). The van der Waals surface area contributed by atoms with Gasteiger partial charge in [0.15, 0.2) is 0 Å². The molecule has 0 N–H and O–H groups in total. The summed E-state index contributed by atoms with van der Waals surface area (Å²) in [5, 5.41) is 0. The van der Waals surface area contributed by atoms with Gasteiger partial charge in [0.2, 0.25) is 11.8 Å². The molecule has 2 amide bonds. The highest BCUT2D eigenvalue weighted by Crippen LogP contribution is 2.32. The van der Waals surface area contributed by atoms with E-state index in [1.54, 1.807) is 12.2 Å². The van der Waals surface area contributed by atoms with E-state index in [9.17, 15) is 9.59 Å². The summed E-state index contributed by atoms with van der Waals surface area (Å²) in [6.07, 6.45) is 4.48. The molecule has 1 aliphatic rings. The average Bonchev–Trinajstić information content (AvgIpc) is 2.67. The molecule has 0 saturated carbocycles. The minimum Gasteiger partial charge on any atom is -0.278 e. The van der Waals surface area contributed by atoms with Gasteiger partial charge >= 0.3 is 0 Å². The third-order valence-electron chi connectivity index (χ3n) is 3.68. The summed E-state index contributed by atoms with van der Waals surface area (Å²) in [6.45, 7) is 7.71. The number of amides is 2. The number of hydrogen-bond acceptors (Lipinski definition) is 2. The number of rotatable bonds is 6. The SMILES string of the molecule is C=CC[C@@H]1C(=O)N(Cc2ccccc2)C(=O)[C@H]1CC=C. The van der Waals surface area contributed by atoms with E-state index in [4.69, 9.17) is 0 Å². The Balaban J connectivity index is 2.21. The van der Waals surface area contributed by atoms with Gasteiger partial charge in [0.25, 0.3) is 0 Å². The Labute approximate surface area is 119 Å². The van der Waals surface area contributed by atoms with Gasteiger partial charge in [0, 0.05) is 0 Å². The summed E-state index contributed by atoms with van der Waals surface area (Å²) in [5.74, 6) is -0.764. The van der Waals surface area contributed by atoms with Crippen molar-refractivity contribution < 1.29 is 9.59 Å². The maximum atomic E-state index is 12.4. The molecule has 1 aromatic rings. The van der Waals surface area contributed by atoms with Gasteiger partial charge in [-0.3, -0.25) is 14.5 Å². The van der Waals surface area contributed by atoms with Crippen LogP contribution >= 0.6 is 0 Å². The molecule has 1 aliphatic heterocycles. The molecule has 104 valence electrons. The number of allylic oxidation sites excluding steroid dienone is 2. The number of nitrogens with zero attached hydrogens (tertiary/aromatic N) is 1. The molecular formula is C17H19NO2. The largest absolute Gasteiger partial charge is 0.278 e. The highest BCUT2D eigenvalue weighted by molar-refractivity contribution is 6.05. The molecule has 20 heavy (non-hydrogen) atoms. The Hall–Kier alpha value is -2.16. The van der Waals surface area contributed by atoms with Crippen LogP contribution in [0.1, 0.15) is 18.4 Å². The van der Waals surface area contributed by atoms with Crippen LogP contribution in [0.2, 0.25) is 0 Å². The molecule has 0 bridgehead atoms. The summed E-state index contributed by atoms with van der Waals surface area (Å²) in [6, 6.07) is 9.57. The van der Waals surface area contributed by atoms with Crippen molar-refractivity contribution in [1.82, 2.24) is 4.90 Å². The quantitative estimate of drug-likeness (QED) is 0.588. The first-order valence-electron chi connectivity index (χ1n) is 6.80. The van der Waals surface area contributed by atoms with Crippen molar-refractivity contribution in [2.75, 3.05) is 0 Å². The van der Waals surface area contributed by atoms with Crippen molar-refractivity contribution in [3.63, 3.8) is 0 Å². The normalized spacial score (nSPS) is 22.1. The molecule has 0 spiro atoms. The fourth-order valence-corrected chi connectivity index (χ4v) is 2.66. The minimum atomic E-state index is -0.290. The summed E-state index contributed by atoms with van der Waals surface area (Å²) in [4.78, 5) is 26.2. The maximum Gasteiger partial charge on any atom is 0.233 e. The molecule has 1 saturated heterocycles. The first-order valence-corrected chi connectivity index (χ1v) is 6.80. The summed E-state index contributed by atoms with van der Waals surface area (Å²) in [7, 11) is 0. The molecule has 0 unspecified atom stereocenters. The van der Waals surface area contributed by atoms with Gasteiger partial charge in [-0.2, -0.15) is 0 Å². The number of carbonyl (C=O) groups is 2. The lowest BCUT2D eigenvalue weighted by Gasteiger charge is -2.14. The van der Waals surface area contributed by atoms with Crippen molar-refractivity contribution in [1.29, 1.82) is 0 Å². The van der Waals surface area contributed by atoms with Crippen molar-refractivity contribution in [3.8, 4) is 0 Å². The van der Waals surface area contributed by atoms with Crippen LogP contribution in [-0.4, -0.2) is 16.7 Å². The van der Waals surface area contributed by atoms with Crippen LogP contribution in [0.4, 0.5) is 0 Å². The molecule has 3 nitrogen and oxygen atoms in total. The Morgan fingerprint density at radius 1 is 0.950 bits per heavy atom. The standard InChI is InChI=1S/C17H19NO2/c1-3-8-14-15(9-4-2)17(20)18(16(14)19)12-13-10-6-5-7-11-13/h3-7,10-11,14-15H,1-2,8-9,12H2/t14-,15-/m0/s1. The van der Waals surface area contributed by atoms with Crippen LogP contribution in [0, 0.1) is 11.8 Å². The molecular weight excluding hydrogens is 250 g/mol. The van der Waals surface area contributed by atoms with Crippen molar-refractivity contribution in [3.05, 3.63) is 61.2 Å². The Morgan fingerprint density at radius 2 is 1.45 bits per heavy atom. The number of carbonyl (C=O) groups excluding carboxylic acids is 2. The molecule has 1 fully saturated rings. The van der Waals surface area contributed by atoms with Gasteiger partial charge in [0.05, 0.1) is 18.4 Å². The minimum absolute atomic E-state index is 0.0920. The Kier molecular flexibility index (Phi) is 4.51. The number of likely N-dealkylation sites (tertiary alicyclic amines) is 1. The molecule has 1 aromatic carbocycles. The predicted molar refractivity (Wildman–Crippen MR) is 78.6 cm³/mol. The fourth-order valence-electron chi connectivity index (χ4n) is 2.66. The van der Waals surface area contributed by atoms with E-state index in [1.807, 2.05) is 30.3 Å². The smallest absolute Gasteiger partial charge is 0.233 e. The van der Waals surface area contributed by atoms with Crippen LogP contribution in [-0.2, 0) is 16.1 Å². The van der Waals surface area contributed by atoms with Gasteiger partial charge in [0.1, 0.15) is 0 Å². The lowest BCUT2D eigenvalue weighted by Crippen LogP contribution is -2.30. The molecule has 0 radical (unpaired) electrons. The highest BCUT2D eigenvalue weighted by Gasteiger charge is 2.45. The van der Waals surface area contributed by atoms with E-state index < -0.39 is 0 Å². The predicted octanol–water partition coefficient (Wildman–Crippen LogP) is 2.94. The van der Waals surface area contributed by atoms with Crippen LogP contribution in [0.5, 0.6) is 0 Å². The van der Waals surface area contributed by atoms with Gasteiger partial charge in [-0.1, -0.05) is 42.5 Å². The topological polar surface area (TPSA) is 37.4 Å². The second-order valence-electron chi connectivity index (χ2n) is 5.01. The summed E-state index contributed by atoms with van der Waals surface area (Å²) in [5.41, 5.74) is 0.964. The van der Waals surface area contributed by atoms with Crippen molar-refractivity contribution >= 4 is 11.8 Å². The van der Waals surface area contributed by atoms with Crippen LogP contribution in [0.25, 0.3) is 0 Å². The Bertz CT molecular complexity index is 493. The fraction of sp³-hybridized carbons (Fsp3) is 0.294. The number of imide groups is 1. The Morgan fingerprint density at radius 3 is 1.90 bits per heavy atom. The average molecular weight is 269 g/mol. The van der Waals surface area contributed by atoms with Crippen LogP contribution < -0.4 is 0 Å². The third kappa shape index (κ3) is 2.72. The molecule has 2 atom stereocenters. The van der Waals surface area contributed by atoms with E-state index in [0.717, 1.165) is 5.56 Å². The first kappa shape index (κ1) is 14.3. The lowest BCUT2D eigenvalue weighted by molar-refractivity contribution is -0.140. The van der Waals surface area contributed by atoms with E-state index in [0.29, 0.717) is 19.4 Å². The van der Waals surface area contributed by atoms with E-state index >= 15 is 0 Å². The van der Waals surface area contributed by atoms with E-state index in [1.165, 1.54) is 4.90 Å². The van der Waals surface area contributed by atoms with Gasteiger partial charge < -0.3 is 0 Å². The van der Waals surface area contributed by atoms with Crippen LogP contribution in [0.15, 0.2) is 55.6 Å². The number of benzene rings is 1. The molecule has 0 aromatic heterocycles. The third-order valence-corrected chi connectivity index (χ3v) is 3.68. The zero-order chi connectivity index (χ0) is 14.5. The highest BCUT2D eigenvalue weighted by atomic mass is 16.2.